The number of anilines is 1. The zero-order chi connectivity index (χ0) is 19.4. The highest BCUT2D eigenvalue weighted by Crippen LogP contribution is 2.34. The van der Waals surface area contributed by atoms with Gasteiger partial charge in [0.25, 0.3) is 0 Å². The average Bonchev–Trinajstić information content (AvgIpc) is 2.82. The van der Waals surface area contributed by atoms with Crippen molar-refractivity contribution in [1.82, 2.24) is 9.55 Å². The summed E-state index contributed by atoms with van der Waals surface area (Å²) in [6.07, 6.45) is 2.17. The first-order valence-electron chi connectivity index (χ1n) is 8.40. The number of carbonyl (C=O) groups excluding carboxylic acids is 1. The second-order valence-electron chi connectivity index (χ2n) is 6.06. The lowest BCUT2D eigenvalue weighted by molar-refractivity contribution is -0.115. The van der Waals surface area contributed by atoms with Crippen LogP contribution in [0, 0.1) is 13.8 Å². The number of nitrogens with zero attached hydrogens (tertiary/aromatic N) is 2. The number of amides is 1. The number of carbonyl (C=O) groups is 1. The maximum Gasteiger partial charge on any atom is 0.237 e. The Morgan fingerprint density at radius 2 is 1.88 bits per heavy atom. The Hall–Kier alpha value is -0.880. The number of halogens is 3. The van der Waals surface area contributed by atoms with Crippen molar-refractivity contribution in [3.8, 4) is 0 Å². The van der Waals surface area contributed by atoms with E-state index in [2.05, 4.69) is 28.7 Å². The van der Waals surface area contributed by atoms with Gasteiger partial charge in [0.05, 0.1) is 26.7 Å². The van der Waals surface area contributed by atoms with Crippen LogP contribution in [-0.4, -0.2) is 20.7 Å². The number of aryl methyl sites for hydroxylation is 1. The maximum absolute atomic E-state index is 12.6. The molecule has 2 rings (SSSR count). The minimum atomic E-state index is -0.362. The molecule has 1 amide bonds. The lowest BCUT2D eigenvalue weighted by atomic mass is 10.3. The van der Waals surface area contributed by atoms with Gasteiger partial charge in [0, 0.05) is 17.3 Å². The standard InChI is InChI=1S/C18H22Cl3N3OS/c1-5-6-7-24-11(3)10(2)22-18(24)26-12(4)17(25)23-16-14(20)8-13(19)9-15(16)21/h8-9,12H,5-7H2,1-4H3,(H,23,25). The molecule has 142 valence electrons. The van der Waals surface area contributed by atoms with Gasteiger partial charge in [-0.25, -0.2) is 4.98 Å². The smallest absolute Gasteiger partial charge is 0.237 e. The van der Waals surface area contributed by atoms with Crippen LogP contribution >= 0.6 is 46.6 Å². The van der Waals surface area contributed by atoms with Crippen LogP contribution in [0.5, 0.6) is 0 Å². The SMILES string of the molecule is CCCCn1c(SC(C)C(=O)Nc2c(Cl)cc(Cl)cc2Cl)nc(C)c1C. The monoisotopic (exact) mass is 433 g/mol. The summed E-state index contributed by atoms with van der Waals surface area (Å²) in [5.74, 6) is -0.193. The highest BCUT2D eigenvalue weighted by atomic mass is 35.5. The molecule has 0 saturated carbocycles. The summed E-state index contributed by atoms with van der Waals surface area (Å²) >= 11 is 19.6. The largest absolute Gasteiger partial charge is 0.323 e. The summed E-state index contributed by atoms with van der Waals surface area (Å²) in [6.45, 7) is 8.93. The molecule has 0 aliphatic heterocycles. The van der Waals surface area contributed by atoms with Gasteiger partial charge in [0.15, 0.2) is 5.16 Å². The molecule has 1 unspecified atom stereocenters. The van der Waals surface area contributed by atoms with E-state index in [9.17, 15) is 4.79 Å². The van der Waals surface area contributed by atoms with Gasteiger partial charge in [-0.2, -0.15) is 0 Å². The first-order chi connectivity index (χ1) is 12.2. The fourth-order valence-corrected chi connectivity index (χ4v) is 4.33. The van der Waals surface area contributed by atoms with Crippen molar-refractivity contribution >= 4 is 58.2 Å². The van der Waals surface area contributed by atoms with Crippen molar-refractivity contribution in [2.24, 2.45) is 0 Å². The molecule has 0 aliphatic carbocycles. The van der Waals surface area contributed by atoms with Crippen LogP contribution < -0.4 is 5.32 Å². The third-order valence-electron chi connectivity index (χ3n) is 4.06. The van der Waals surface area contributed by atoms with Crippen molar-refractivity contribution in [3.05, 3.63) is 38.6 Å². The number of thioether (sulfide) groups is 1. The molecular weight excluding hydrogens is 413 g/mol. The van der Waals surface area contributed by atoms with Gasteiger partial charge in [-0.3, -0.25) is 4.79 Å². The van der Waals surface area contributed by atoms with Gasteiger partial charge in [-0.1, -0.05) is 59.9 Å². The molecule has 0 fully saturated rings. The zero-order valence-electron chi connectivity index (χ0n) is 15.2. The second kappa shape index (κ2) is 9.36. The molecule has 2 aromatic rings. The van der Waals surface area contributed by atoms with E-state index in [0.717, 1.165) is 35.9 Å². The topological polar surface area (TPSA) is 46.9 Å². The highest BCUT2D eigenvalue weighted by molar-refractivity contribution is 8.00. The fraction of sp³-hybridized carbons (Fsp3) is 0.444. The number of rotatable bonds is 7. The predicted molar refractivity (Wildman–Crippen MR) is 112 cm³/mol. The van der Waals surface area contributed by atoms with Crippen molar-refractivity contribution in [2.45, 2.75) is 57.5 Å². The van der Waals surface area contributed by atoms with E-state index in [4.69, 9.17) is 34.8 Å². The third-order valence-corrected chi connectivity index (χ3v) is 5.97. The van der Waals surface area contributed by atoms with Crippen molar-refractivity contribution in [2.75, 3.05) is 5.32 Å². The van der Waals surface area contributed by atoms with Crippen molar-refractivity contribution in [3.63, 3.8) is 0 Å². The molecule has 1 N–H and O–H groups in total. The van der Waals surface area contributed by atoms with Crippen LogP contribution in [0.1, 0.15) is 38.1 Å². The normalized spacial score (nSPS) is 12.3. The van der Waals surface area contributed by atoms with Gasteiger partial charge >= 0.3 is 0 Å². The molecule has 4 nitrogen and oxygen atoms in total. The lowest BCUT2D eigenvalue weighted by Gasteiger charge is -2.15. The van der Waals surface area contributed by atoms with Gasteiger partial charge in [-0.05, 0) is 39.3 Å². The summed E-state index contributed by atoms with van der Waals surface area (Å²) in [5, 5.41) is 4.32. The minimum Gasteiger partial charge on any atom is -0.323 e. The van der Waals surface area contributed by atoms with Crippen molar-refractivity contribution < 1.29 is 4.79 Å². The summed E-state index contributed by atoms with van der Waals surface area (Å²) in [5.41, 5.74) is 2.49. The number of aromatic nitrogens is 2. The Kier molecular flexibility index (Phi) is 7.71. The Morgan fingerprint density at radius 3 is 2.46 bits per heavy atom. The number of benzene rings is 1. The van der Waals surface area contributed by atoms with Crippen molar-refractivity contribution in [1.29, 1.82) is 0 Å². The zero-order valence-corrected chi connectivity index (χ0v) is 18.3. The molecule has 0 radical (unpaired) electrons. The molecule has 0 spiro atoms. The Bertz CT molecular complexity index is 784. The number of imidazole rings is 1. The molecule has 1 atom stereocenters. The Morgan fingerprint density at radius 1 is 1.27 bits per heavy atom. The van der Waals surface area contributed by atoms with Gasteiger partial charge in [0.1, 0.15) is 0 Å². The summed E-state index contributed by atoms with van der Waals surface area (Å²) in [6, 6.07) is 3.10. The molecule has 8 heteroatoms. The minimum absolute atomic E-state index is 0.193. The lowest BCUT2D eigenvalue weighted by Crippen LogP contribution is -2.23. The molecule has 1 aromatic heterocycles. The quantitative estimate of drug-likeness (QED) is 0.514. The molecule has 0 bridgehead atoms. The summed E-state index contributed by atoms with van der Waals surface area (Å²) < 4.78 is 2.18. The predicted octanol–water partition coefficient (Wildman–Crippen LogP) is 6.38. The van der Waals surface area contributed by atoms with E-state index in [0.29, 0.717) is 20.8 Å². The van der Waals surface area contributed by atoms with E-state index in [-0.39, 0.29) is 11.2 Å². The molecular formula is C18H22Cl3N3OS. The van der Waals surface area contributed by atoms with Crippen LogP contribution in [0.2, 0.25) is 15.1 Å². The van der Waals surface area contributed by atoms with Crippen LogP contribution in [-0.2, 0) is 11.3 Å². The van der Waals surface area contributed by atoms with Crippen LogP contribution in [0.15, 0.2) is 17.3 Å². The molecule has 1 heterocycles. The van der Waals surface area contributed by atoms with Gasteiger partial charge < -0.3 is 9.88 Å². The van der Waals surface area contributed by atoms with E-state index >= 15 is 0 Å². The second-order valence-corrected chi connectivity index (χ2v) is 8.62. The van der Waals surface area contributed by atoms with Crippen LogP contribution in [0.4, 0.5) is 5.69 Å². The van der Waals surface area contributed by atoms with Gasteiger partial charge in [-0.15, -0.1) is 0 Å². The maximum atomic E-state index is 12.6. The number of unbranched alkanes of at least 4 members (excludes halogenated alkanes) is 1. The van der Waals surface area contributed by atoms with Crippen LogP contribution in [0.25, 0.3) is 0 Å². The third kappa shape index (κ3) is 5.10. The fourth-order valence-electron chi connectivity index (χ4n) is 2.39. The summed E-state index contributed by atoms with van der Waals surface area (Å²) in [7, 11) is 0. The van der Waals surface area contributed by atoms with Gasteiger partial charge in [0.2, 0.25) is 5.91 Å². The number of hydrogen-bond acceptors (Lipinski definition) is 3. The van der Waals surface area contributed by atoms with Crippen LogP contribution in [0.3, 0.4) is 0 Å². The van der Waals surface area contributed by atoms with E-state index in [1.165, 1.54) is 11.8 Å². The summed E-state index contributed by atoms with van der Waals surface area (Å²) in [4.78, 5) is 17.2. The first-order valence-corrected chi connectivity index (χ1v) is 10.4. The molecule has 26 heavy (non-hydrogen) atoms. The number of nitrogens with one attached hydrogen (secondary N) is 1. The molecule has 0 aliphatic rings. The highest BCUT2D eigenvalue weighted by Gasteiger charge is 2.21. The average molecular weight is 435 g/mol. The van der Waals surface area contributed by atoms with E-state index in [1.807, 2.05) is 13.8 Å². The van der Waals surface area contributed by atoms with E-state index < -0.39 is 0 Å². The molecule has 0 saturated heterocycles. The Balaban J connectivity index is 2.14. The van der Waals surface area contributed by atoms with E-state index in [1.54, 1.807) is 12.1 Å². The molecule has 1 aromatic carbocycles. The Labute approximate surface area is 173 Å². The first kappa shape index (κ1) is 21.4. The number of hydrogen-bond donors (Lipinski definition) is 1.